The van der Waals surface area contributed by atoms with E-state index in [1.165, 1.54) is 4.68 Å². The molecule has 1 heterocycles. The van der Waals surface area contributed by atoms with Gasteiger partial charge in [-0.15, -0.1) is 0 Å². The Balaban J connectivity index is 2.69. The van der Waals surface area contributed by atoms with Crippen LogP contribution in [0.3, 0.4) is 0 Å². The number of carboxylic acids is 1. The van der Waals surface area contributed by atoms with Crippen LogP contribution < -0.4 is 0 Å². The molecule has 4 nitrogen and oxygen atoms in total. The van der Waals surface area contributed by atoms with E-state index in [-0.39, 0.29) is 11.7 Å². The highest BCUT2D eigenvalue weighted by Gasteiger charge is 2.23. The van der Waals surface area contributed by atoms with Gasteiger partial charge in [-0.1, -0.05) is 41.9 Å². The smallest absolute Gasteiger partial charge is 0.357 e. The molecule has 1 aromatic heterocycles. The van der Waals surface area contributed by atoms with Gasteiger partial charge in [0.05, 0.1) is 5.56 Å². The molecule has 0 bridgehead atoms. The second-order valence-electron chi connectivity index (χ2n) is 4.22. The van der Waals surface area contributed by atoms with Gasteiger partial charge in [0, 0.05) is 6.04 Å². The number of hydrogen-bond acceptors (Lipinski definition) is 2. The molecular formula is C13H13ClN2O2. The van der Waals surface area contributed by atoms with Crippen LogP contribution in [0.5, 0.6) is 0 Å². The average molecular weight is 265 g/mol. The topological polar surface area (TPSA) is 55.1 Å². The van der Waals surface area contributed by atoms with E-state index in [0.29, 0.717) is 10.7 Å². The Morgan fingerprint density at radius 1 is 1.33 bits per heavy atom. The van der Waals surface area contributed by atoms with Gasteiger partial charge in [0.15, 0.2) is 5.69 Å². The van der Waals surface area contributed by atoms with Gasteiger partial charge in [-0.25, -0.2) is 4.79 Å². The quantitative estimate of drug-likeness (QED) is 0.923. The van der Waals surface area contributed by atoms with Crippen molar-refractivity contribution >= 4 is 17.6 Å². The maximum atomic E-state index is 11.2. The average Bonchev–Trinajstić information content (AvgIpc) is 2.68. The Morgan fingerprint density at radius 2 is 1.94 bits per heavy atom. The van der Waals surface area contributed by atoms with E-state index in [1.54, 1.807) is 0 Å². The molecule has 0 saturated carbocycles. The number of rotatable bonds is 3. The molecule has 0 unspecified atom stereocenters. The van der Waals surface area contributed by atoms with Crippen molar-refractivity contribution in [3.05, 3.63) is 41.2 Å². The van der Waals surface area contributed by atoms with Crippen molar-refractivity contribution in [3.63, 3.8) is 0 Å². The van der Waals surface area contributed by atoms with Crippen LogP contribution in [-0.2, 0) is 0 Å². The third-order valence-electron chi connectivity index (χ3n) is 2.61. The van der Waals surface area contributed by atoms with Crippen LogP contribution in [0.4, 0.5) is 0 Å². The third-order valence-corrected chi connectivity index (χ3v) is 2.97. The first kappa shape index (κ1) is 12.6. The lowest BCUT2D eigenvalue weighted by Gasteiger charge is -2.06. The first-order chi connectivity index (χ1) is 8.52. The van der Waals surface area contributed by atoms with Crippen LogP contribution in [0.2, 0.25) is 5.15 Å². The lowest BCUT2D eigenvalue weighted by atomic mass is 10.1. The maximum Gasteiger partial charge on any atom is 0.357 e. The number of carboxylic acid groups (broad SMARTS) is 1. The summed E-state index contributed by atoms with van der Waals surface area (Å²) >= 11 is 6.24. The molecule has 0 saturated heterocycles. The van der Waals surface area contributed by atoms with Gasteiger partial charge in [0.1, 0.15) is 5.15 Å². The van der Waals surface area contributed by atoms with Crippen LogP contribution in [0.25, 0.3) is 11.1 Å². The molecule has 94 valence electrons. The van der Waals surface area contributed by atoms with Crippen molar-refractivity contribution in [2.24, 2.45) is 0 Å². The number of nitrogens with zero attached hydrogens (tertiary/aromatic N) is 2. The van der Waals surface area contributed by atoms with E-state index < -0.39 is 5.97 Å². The normalized spacial score (nSPS) is 10.9. The summed E-state index contributed by atoms with van der Waals surface area (Å²) in [6, 6.07) is 9.19. The Bertz CT molecular complexity index is 576. The Labute approximate surface area is 110 Å². The molecule has 0 atom stereocenters. The molecule has 0 aliphatic heterocycles. The van der Waals surface area contributed by atoms with Crippen molar-refractivity contribution in [1.82, 2.24) is 9.78 Å². The Kier molecular flexibility index (Phi) is 3.39. The predicted octanol–water partition coefficient (Wildman–Crippen LogP) is 3.48. The van der Waals surface area contributed by atoms with Crippen molar-refractivity contribution in [1.29, 1.82) is 0 Å². The first-order valence-corrected chi connectivity index (χ1v) is 5.97. The minimum absolute atomic E-state index is 0.00747. The number of benzene rings is 1. The van der Waals surface area contributed by atoms with Crippen LogP contribution in [0.15, 0.2) is 30.3 Å². The summed E-state index contributed by atoms with van der Waals surface area (Å²) in [5.41, 5.74) is 1.21. The van der Waals surface area contributed by atoms with Crippen LogP contribution in [-0.4, -0.2) is 20.9 Å². The van der Waals surface area contributed by atoms with Gasteiger partial charge in [-0.2, -0.15) is 5.10 Å². The number of aromatic nitrogens is 2. The van der Waals surface area contributed by atoms with E-state index in [0.717, 1.165) is 5.56 Å². The molecule has 0 fully saturated rings. The lowest BCUT2D eigenvalue weighted by Crippen LogP contribution is -2.05. The molecule has 0 aliphatic rings. The van der Waals surface area contributed by atoms with Gasteiger partial charge in [0.25, 0.3) is 0 Å². The van der Waals surface area contributed by atoms with Gasteiger partial charge in [-0.3, -0.25) is 4.68 Å². The van der Waals surface area contributed by atoms with Gasteiger partial charge in [-0.05, 0) is 19.4 Å². The van der Waals surface area contributed by atoms with E-state index in [2.05, 4.69) is 5.10 Å². The number of carbonyl (C=O) groups is 1. The highest BCUT2D eigenvalue weighted by Crippen LogP contribution is 2.33. The number of aromatic carboxylic acids is 1. The summed E-state index contributed by atoms with van der Waals surface area (Å²) < 4.78 is 1.52. The van der Waals surface area contributed by atoms with E-state index in [1.807, 2.05) is 44.2 Å². The van der Waals surface area contributed by atoms with E-state index in [9.17, 15) is 9.90 Å². The van der Waals surface area contributed by atoms with Crippen molar-refractivity contribution in [3.8, 4) is 11.1 Å². The highest BCUT2D eigenvalue weighted by atomic mass is 35.5. The molecule has 0 spiro atoms. The molecule has 2 rings (SSSR count). The van der Waals surface area contributed by atoms with Crippen LogP contribution in [0.1, 0.15) is 30.4 Å². The SMILES string of the molecule is CC(C)n1nc(C(=O)O)c(-c2ccccc2)c1Cl. The van der Waals surface area contributed by atoms with Crippen molar-refractivity contribution in [2.45, 2.75) is 19.9 Å². The zero-order valence-corrected chi connectivity index (χ0v) is 10.8. The lowest BCUT2D eigenvalue weighted by molar-refractivity contribution is 0.0690. The van der Waals surface area contributed by atoms with Gasteiger partial charge < -0.3 is 5.11 Å². The second kappa shape index (κ2) is 4.82. The third kappa shape index (κ3) is 2.11. The maximum absolute atomic E-state index is 11.2. The molecule has 1 aromatic carbocycles. The molecular weight excluding hydrogens is 252 g/mol. The van der Waals surface area contributed by atoms with E-state index >= 15 is 0 Å². The predicted molar refractivity (Wildman–Crippen MR) is 70.0 cm³/mol. The fraction of sp³-hybridized carbons (Fsp3) is 0.231. The van der Waals surface area contributed by atoms with Crippen molar-refractivity contribution < 1.29 is 9.90 Å². The fourth-order valence-electron chi connectivity index (χ4n) is 1.77. The fourth-order valence-corrected chi connectivity index (χ4v) is 2.20. The minimum atomic E-state index is -1.07. The summed E-state index contributed by atoms with van der Waals surface area (Å²) in [6.45, 7) is 3.80. The minimum Gasteiger partial charge on any atom is -0.476 e. The Hall–Kier alpha value is -1.81. The summed E-state index contributed by atoms with van der Waals surface area (Å²) in [6.07, 6.45) is 0. The summed E-state index contributed by atoms with van der Waals surface area (Å²) in [7, 11) is 0. The van der Waals surface area contributed by atoms with Gasteiger partial charge in [0.2, 0.25) is 0 Å². The standard InChI is InChI=1S/C13H13ClN2O2/c1-8(2)16-12(14)10(11(15-16)13(17)18)9-6-4-3-5-7-9/h3-8H,1-2H3,(H,17,18). The molecule has 18 heavy (non-hydrogen) atoms. The second-order valence-corrected chi connectivity index (χ2v) is 4.58. The summed E-state index contributed by atoms with van der Waals surface area (Å²) in [5.74, 6) is -1.07. The highest BCUT2D eigenvalue weighted by molar-refractivity contribution is 6.33. The first-order valence-electron chi connectivity index (χ1n) is 5.59. The van der Waals surface area contributed by atoms with E-state index in [4.69, 9.17) is 11.6 Å². The summed E-state index contributed by atoms with van der Waals surface area (Å²) in [5, 5.41) is 13.6. The molecule has 2 aromatic rings. The molecule has 0 radical (unpaired) electrons. The Morgan fingerprint density at radius 3 is 2.44 bits per heavy atom. The largest absolute Gasteiger partial charge is 0.476 e. The molecule has 0 aliphatic carbocycles. The van der Waals surface area contributed by atoms with Crippen LogP contribution in [0, 0.1) is 0 Å². The van der Waals surface area contributed by atoms with Crippen molar-refractivity contribution in [2.75, 3.05) is 0 Å². The van der Waals surface area contributed by atoms with Crippen LogP contribution >= 0.6 is 11.6 Å². The number of halogens is 1. The summed E-state index contributed by atoms with van der Waals surface area (Å²) in [4.78, 5) is 11.2. The molecule has 1 N–H and O–H groups in total. The molecule has 0 amide bonds. The number of hydrogen-bond donors (Lipinski definition) is 1. The zero-order valence-electron chi connectivity index (χ0n) is 10.1. The van der Waals surface area contributed by atoms with Gasteiger partial charge >= 0.3 is 5.97 Å². The molecule has 5 heteroatoms. The monoisotopic (exact) mass is 264 g/mol. The zero-order chi connectivity index (χ0) is 13.3.